The molecule has 0 saturated carbocycles. The minimum atomic E-state index is 0.877. The molecule has 0 unspecified atom stereocenters. The molecule has 2 rings (SSSR count). The van der Waals surface area contributed by atoms with Crippen molar-refractivity contribution < 1.29 is 0 Å². The van der Waals surface area contributed by atoms with Crippen LogP contribution in [0.4, 0.5) is 5.69 Å². The van der Waals surface area contributed by atoms with Crippen LogP contribution in [0.25, 0.3) is 0 Å². The van der Waals surface area contributed by atoms with E-state index in [2.05, 4.69) is 29.0 Å². The number of anilines is 1. The number of likely N-dealkylation sites (N-methyl/N-ethyl adjacent to an activating group) is 1. The number of nitrogen functional groups attached to an aromatic ring is 1. The van der Waals surface area contributed by atoms with Crippen LogP contribution >= 0.6 is 0 Å². The summed E-state index contributed by atoms with van der Waals surface area (Å²) in [5, 5.41) is 0. The summed E-state index contributed by atoms with van der Waals surface area (Å²) in [7, 11) is 2.20. The molecule has 0 aliphatic carbocycles. The standard InChI is InChI=1S/C14H23N3/c1-16-8-10-17(11-9-16)7-3-5-13-4-2-6-14(15)12-13/h2,4,6,12H,3,5,7-11,15H2,1H3. The van der Waals surface area contributed by atoms with E-state index in [1.54, 1.807) is 0 Å². The normalized spacial score (nSPS) is 18.4. The van der Waals surface area contributed by atoms with Crippen molar-refractivity contribution in [3.8, 4) is 0 Å². The highest BCUT2D eigenvalue weighted by Gasteiger charge is 2.12. The van der Waals surface area contributed by atoms with E-state index in [1.807, 2.05) is 12.1 Å². The Morgan fingerprint density at radius 2 is 1.94 bits per heavy atom. The Labute approximate surface area is 104 Å². The molecule has 94 valence electrons. The summed E-state index contributed by atoms with van der Waals surface area (Å²) < 4.78 is 0. The zero-order valence-electron chi connectivity index (χ0n) is 10.7. The van der Waals surface area contributed by atoms with Gasteiger partial charge in [0.25, 0.3) is 0 Å². The number of hydrogen-bond donors (Lipinski definition) is 1. The molecule has 2 N–H and O–H groups in total. The molecule has 1 aromatic rings. The highest BCUT2D eigenvalue weighted by molar-refractivity contribution is 5.40. The third-order valence-corrected chi connectivity index (χ3v) is 3.49. The fraction of sp³-hybridized carbons (Fsp3) is 0.571. The van der Waals surface area contributed by atoms with Crippen LogP contribution in [0.3, 0.4) is 0 Å². The topological polar surface area (TPSA) is 32.5 Å². The summed E-state index contributed by atoms with van der Waals surface area (Å²) in [5.74, 6) is 0. The second kappa shape index (κ2) is 6.03. The van der Waals surface area contributed by atoms with Gasteiger partial charge in [-0.1, -0.05) is 12.1 Å². The number of hydrogen-bond acceptors (Lipinski definition) is 3. The molecule has 3 heteroatoms. The fourth-order valence-corrected chi connectivity index (χ4v) is 2.33. The van der Waals surface area contributed by atoms with Gasteiger partial charge in [0.1, 0.15) is 0 Å². The smallest absolute Gasteiger partial charge is 0.0316 e. The zero-order valence-corrected chi connectivity index (χ0v) is 10.7. The summed E-state index contributed by atoms with van der Waals surface area (Å²) in [5.41, 5.74) is 8.01. The van der Waals surface area contributed by atoms with E-state index in [1.165, 1.54) is 44.7 Å². The number of rotatable bonds is 4. The molecule has 0 radical (unpaired) electrons. The second-order valence-corrected chi connectivity index (χ2v) is 4.99. The first-order valence-corrected chi connectivity index (χ1v) is 6.49. The molecule has 1 heterocycles. The van der Waals surface area contributed by atoms with Gasteiger partial charge in [-0.25, -0.2) is 0 Å². The number of aryl methyl sites for hydroxylation is 1. The van der Waals surface area contributed by atoms with E-state index in [0.717, 1.165) is 12.1 Å². The van der Waals surface area contributed by atoms with Crippen LogP contribution in [0, 0.1) is 0 Å². The lowest BCUT2D eigenvalue weighted by atomic mass is 10.1. The summed E-state index contributed by atoms with van der Waals surface area (Å²) in [6, 6.07) is 8.24. The first-order valence-electron chi connectivity index (χ1n) is 6.49. The van der Waals surface area contributed by atoms with Gasteiger partial charge in [-0.3, -0.25) is 0 Å². The third-order valence-electron chi connectivity index (χ3n) is 3.49. The van der Waals surface area contributed by atoms with E-state index in [0.29, 0.717) is 0 Å². The number of benzene rings is 1. The van der Waals surface area contributed by atoms with Crippen molar-refractivity contribution in [2.45, 2.75) is 12.8 Å². The SMILES string of the molecule is CN1CCN(CCCc2cccc(N)c2)CC1. The molecule has 0 spiro atoms. The van der Waals surface area contributed by atoms with Gasteiger partial charge in [-0.2, -0.15) is 0 Å². The maximum Gasteiger partial charge on any atom is 0.0316 e. The van der Waals surface area contributed by atoms with Gasteiger partial charge in [-0.05, 0) is 44.1 Å². The molecule has 1 aliphatic heterocycles. The van der Waals surface area contributed by atoms with Crippen molar-refractivity contribution in [2.24, 2.45) is 0 Å². The van der Waals surface area contributed by atoms with Gasteiger partial charge in [0, 0.05) is 31.9 Å². The summed E-state index contributed by atoms with van der Waals surface area (Å²) in [6.45, 7) is 6.06. The first kappa shape index (κ1) is 12.4. The van der Waals surface area contributed by atoms with Gasteiger partial charge in [-0.15, -0.1) is 0 Å². The van der Waals surface area contributed by atoms with Crippen molar-refractivity contribution in [2.75, 3.05) is 45.5 Å². The highest BCUT2D eigenvalue weighted by atomic mass is 15.2. The molecule has 0 amide bonds. The van der Waals surface area contributed by atoms with Crippen molar-refractivity contribution in [3.63, 3.8) is 0 Å². The Balaban J connectivity index is 1.69. The van der Waals surface area contributed by atoms with Crippen molar-refractivity contribution >= 4 is 5.69 Å². The highest BCUT2D eigenvalue weighted by Crippen LogP contribution is 2.09. The predicted octanol–water partition coefficient (Wildman–Crippen LogP) is 1.45. The Bertz CT molecular complexity index is 343. The minimum absolute atomic E-state index is 0.877. The van der Waals surface area contributed by atoms with Crippen LogP contribution < -0.4 is 5.73 Å². The average Bonchev–Trinajstić information content (AvgIpc) is 2.32. The zero-order chi connectivity index (χ0) is 12.1. The van der Waals surface area contributed by atoms with Gasteiger partial charge in [0.15, 0.2) is 0 Å². The largest absolute Gasteiger partial charge is 0.399 e. The van der Waals surface area contributed by atoms with Gasteiger partial charge >= 0.3 is 0 Å². The molecular weight excluding hydrogens is 210 g/mol. The Morgan fingerprint density at radius 1 is 1.18 bits per heavy atom. The maximum absolute atomic E-state index is 5.77. The molecule has 1 saturated heterocycles. The lowest BCUT2D eigenvalue weighted by Crippen LogP contribution is -2.44. The number of nitrogens with zero attached hydrogens (tertiary/aromatic N) is 2. The molecule has 17 heavy (non-hydrogen) atoms. The second-order valence-electron chi connectivity index (χ2n) is 4.99. The molecule has 0 atom stereocenters. The van der Waals surface area contributed by atoms with E-state index in [9.17, 15) is 0 Å². The average molecular weight is 233 g/mol. The molecule has 1 aliphatic rings. The van der Waals surface area contributed by atoms with Gasteiger partial charge < -0.3 is 15.5 Å². The maximum atomic E-state index is 5.77. The molecular formula is C14H23N3. The molecule has 0 aromatic heterocycles. The van der Waals surface area contributed by atoms with E-state index >= 15 is 0 Å². The summed E-state index contributed by atoms with van der Waals surface area (Å²) in [4.78, 5) is 4.96. The number of piperazine rings is 1. The molecule has 3 nitrogen and oxygen atoms in total. The van der Waals surface area contributed by atoms with Crippen molar-refractivity contribution in [3.05, 3.63) is 29.8 Å². The Hall–Kier alpha value is -1.06. The van der Waals surface area contributed by atoms with Crippen LogP contribution in [0.1, 0.15) is 12.0 Å². The van der Waals surface area contributed by atoms with Crippen LogP contribution in [0.5, 0.6) is 0 Å². The lowest BCUT2D eigenvalue weighted by molar-refractivity contribution is 0.153. The first-order chi connectivity index (χ1) is 8.24. The summed E-state index contributed by atoms with van der Waals surface area (Å²) >= 11 is 0. The third kappa shape index (κ3) is 4.02. The van der Waals surface area contributed by atoms with Crippen LogP contribution in [0.15, 0.2) is 24.3 Å². The van der Waals surface area contributed by atoms with Crippen LogP contribution in [-0.4, -0.2) is 49.6 Å². The lowest BCUT2D eigenvalue weighted by Gasteiger charge is -2.32. The van der Waals surface area contributed by atoms with Crippen LogP contribution in [0.2, 0.25) is 0 Å². The van der Waals surface area contributed by atoms with Gasteiger partial charge in [0.05, 0.1) is 0 Å². The minimum Gasteiger partial charge on any atom is -0.399 e. The molecule has 1 aromatic carbocycles. The summed E-state index contributed by atoms with van der Waals surface area (Å²) in [6.07, 6.45) is 2.37. The Morgan fingerprint density at radius 3 is 2.65 bits per heavy atom. The molecule has 0 bridgehead atoms. The predicted molar refractivity (Wildman–Crippen MR) is 73.1 cm³/mol. The van der Waals surface area contributed by atoms with E-state index in [-0.39, 0.29) is 0 Å². The Kier molecular flexibility index (Phi) is 4.40. The number of nitrogens with two attached hydrogens (primary N) is 1. The monoisotopic (exact) mass is 233 g/mol. The van der Waals surface area contributed by atoms with E-state index in [4.69, 9.17) is 5.73 Å². The van der Waals surface area contributed by atoms with Gasteiger partial charge in [0.2, 0.25) is 0 Å². The molecule has 1 fully saturated rings. The van der Waals surface area contributed by atoms with Crippen molar-refractivity contribution in [1.82, 2.24) is 9.80 Å². The van der Waals surface area contributed by atoms with E-state index < -0.39 is 0 Å². The fourth-order valence-electron chi connectivity index (χ4n) is 2.33. The van der Waals surface area contributed by atoms with Crippen LogP contribution in [-0.2, 0) is 6.42 Å². The van der Waals surface area contributed by atoms with Crippen molar-refractivity contribution in [1.29, 1.82) is 0 Å². The quantitative estimate of drug-likeness (QED) is 0.799.